The third-order valence-electron chi connectivity index (χ3n) is 4.41. The van der Waals surface area contributed by atoms with Crippen LogP contribution in [0.5, 0.6) is 5.75 Å². The smallest absolute Gasteiger partial charge is 0.118 e. The van der Waals surface area contributed by atoms with Gasteiger partial charge >= 0.3 is 0 Å². The third-order valence-corrected chi connectivity index (χ3v) is 4.41. The van der Waals surface area contributed by atoms with Gasteiger partial charge in [-0.15, -0.1) is 0 Å². The molecule has 1 saturated carbocycles. The first-order valence-electron chi connectivity index (χ1n) is 7.61. The molecule has 1 aliphatic rings. The van der Waals surface area contributed by atoms with E-state index in [1.54, 1.807) is 7.11 Å². The molecule has 2 aromatic rings. The molecule has 0 aromatic heterocycles. The molecule has 0 saturated heterocycles. The topological polar surface area (TPSA) is 9.23 Å². The van der Waals surface area contributed by atoms with E-state index < -0.39 is 0 Å². The predicted molar refractivity (Wildman–Crippen MR) is 84.3 cm³/mol. The van der Waals surface area contributed by atoms with Gasteiger partial charge in [0.2, 0.25) is 0 Å². The molecular weight excluding hydrogens is 244 g/mol. The van der Waals surface area contributed by atoms with Gasteiger partial charge in [-0.1, -0.05) is 55.7 Å². The van der Waals surface area contributed by atoms with Crippen molar-refractivity contribution in [2.24, 2.45) is 0 Å². The summed E-state index contributed by atoms with van der Waals surface area (Å²) in [7, 11) is 1.70. The summed E-state index contributed by atoms with van der Waals surface area (Å²) in [6.07, 6.45) is 6.93. The Balaban J connectivity index is 1.77. The van der Waals surface area contributed by atoms with Gasteiger partial charge in [-0.05, 0) is 47.6 Å². The lowest BCUT2D eigenvalue weighted by atomic mass is 9.84. The SMILES string of the molecule is COc1ccc(-c2ccc(C3CCCCC3)cc2)cc1. The molecule has 1 fully saturated rings. The number of hydrogen-bond acceptors (Lipinski definition) is 1. The number of methoxy groups -OCH3 is 1. The summed E-state index contributed by atoms with van der Waals surface area (Å²) in [5.74, 6) is 1.70. The van der Waals surface area contributed by atoms with E-state index in [1.807, 2.05) is 12.1 Å². The molecule has 2 aromatic carbocycles. The summed E-state index contributed by atoms with van der Waals surface area (Å²) >= 11 is 0. The number of benzene rings is 2. The second kappa shape index (κ2) is 6.13. The Morgan fingerprint density at radius 1 is 0.750 bits per heavy atom. The van der Waals surface area contributed by atoms with E-state index in [2.05, 4.69) is 36.4 Å². The highest BCUT2D eigenvalue weighted by atomic mass is 16.5. The highest BCUT2D eigenvalue weighted by Crippen LogP contribution is 2.33. The van der Waals surface area contributed by atoms with E-state index in [-0.39, 0.29) is 0 Å². The Bertz CT molecular complexity index is 533. The van der Waals surface area contributed by atoms with Crippen LogP contribution in [0, 0.1) is 0 Å². The standard InChI is InChI=1S/C19H22O/c1-20-19-13-11-18(12-14-19)17-9-7-16(8-10-17)15-5-3-2-4-6-15/h7-15H,2-6H2,1H3. The van der Waals surface area contributed by atoms with E-state index in [1.165, 1.54) is 48.8 Å². The maximum atomic E-state index is 5.20. The monoisotopic (exact) mass is 266 g/mol. The van der Waals surface area contributed by atoms with Crippen LogP contribution in [0.4, 0.5) is 0 Å². The van der Waals surface area contributed by atoms with Crippen LogP contribution in [0.15, 0.2) is 48.5 Å². The van der Waals surface area contributed by atoms with Crippen LogP contribution in [-0.2, 0) is 0 Å². The van der Waals surface area contributed by atoms with Crippen LogP contribution >= 0.6 is 0 Å². The molecule has 0 bridgehead atoms. The van der Waals surface area contributed by atoms with Gasteiger partial charge in [-0.25, -0.2) is 0 Å². The lowest BCUT2D eigenvalue weighted by Gasteiger charge is -2.22. The van der Waals surface area contributed by atoms with Gasteiger partial charge in [0, 0.05) is 0 Å². The molecule has 0 spiro atoms. The van der Waals surface area contributed by atoms with Crippen LogP contribution in [0.2, 0.25) is 0 Å². The number of rotatable bonds is 3. The van der Waals surface area contributed by atoms with Gasteiger partial charge in [0.25, 0.3) is 0 Å². The highest BCUT2D eigenvalue weighted by molar-refractivity contribution is 5.64. The molecule has 0 N–H and O–H groups in total. The van der Waals surface area contributed by atoms with Crippen molar-refractivity contribution in [2.45, 2.75) is 38.0 Å². The van der Waals surface area contributed by atoms with Crippen LogP contribution < -0.4 is 4.74 Å². The van der Waals surface area contributed by atoms with Crippen molar-refractivity contribution in [1.82, 2.24) is 0 Å². The van der Waals surface area contributed by atoms with E-state index in [0.29, 0.717) is 0 Å². The van der Waals surface area contributed by atoms with E-state index in [4.69, 9.17) is 4.74 Å². The zero-order valence-corrected chi connectivity index (χ0v) is 12.1. The Morgan fingerprint density at radius 2 is 1.30 bits per heavy atom. The first kappa shape index (κ1) is 13.2. The molecule has 104 valence electrons. The molecule has 0 radical (unpaired) electrons. The average molecular weight is 266 g/mol. The van der Waals surface area contributed by atoms with E-state index >= 15 is 0 Å². The minimum absolute atomic E-state index is 0.786. The van der Waals surface area contributed by atoms with Gasteiger partial charge in [-0.3, -0.25) is 0 Å². The first-order valence-corrected chi connectivity index (χ1v) is 7.61. The van der Waals surface area contributed by atoms with Crippen LogP contribution in [-0.4, -0.2) is 7.11 Å². The van der Waals surface area contributed by atoms with Gasteiger partial charge in [0.1, 0.15) is 5.75 Å². The lowest BCUT2D eigenvalue weighted by Crippen LogP contribution is -2.04. The minimum Gasteiger partial charge on any atom is -0.497 e. The summed E-state index contributed by atoms with van der Waals surface area (Å²) in [5.41, 5.74) is 4.05. The van der Waals surface area contributed by atoms with Crippen molar-refractivity contribution < 1.29 is 4.74 Å². The fourth-order valence-electron chi connectivity index (χ4n) is 3.17. The van der Waals surface area contributed by atoms with Gasteiger partial charge in [-0.2, -0.15) is 0 Å². The largest absolute Gasteiger partial charge is 0.497 e. The molecular formula is C19H22O. The van der Waals surface area contributed by atoms with Crippen molar-refractivity contribution in [2.75, 3.05) is 7.11 Å². The Hall–Kier alpha value is -1.76. The lowest BCUT2D eigenvalue weighted by molar-refractivity contribution is 0.415. The molecule has 0 aliphatic heterocycles. The Kier molecular flexibility index (Phi) is 4.05. The zero-order valence-electron chi connectivity index (χ0n) is 12.1. The van der Waals surface area contributed by atoms with Gasteiger partial charge < -0.3 is 4.74 Å². The normalized spacial score (nSPS) is 16.1. The number of hydrogen-bond donors (Lipinski definition) is 0. The quantitative estimate of drug-likeness (QED) is 0.721. The molecule has 3 rings (SSSR count). The fourth-order valence-corrected chi connectivity index (χ4v) is 3.17. The summed E-state index contributed by atoms with van der Waals surface area (Å²) < 4.78 is 5.20. The van der Waals surface area contributed by atoms with Gasteiger partial charge in [0.15, 0.2) is 0 Å². The van der Waals surface area contributed by atoms with E-state index in [9.17, 15) is 0 Å². The summed E-state index contributed by atoms with van der Waals surface area (Å²) in [5, 5.41) is 0. The van der Waals surface area contributed by atoms with Gasteiger partial charge in [0.05, 0.1) is 7.11 Å². The summed E-state index contributed by atoms with van der Waals surface area (Å²) in [6, 6.07) is 17.4. The maximum absolute atomic E-state index is 5.20. The maximum Gasteiger partial charge on any atom is 0.118 e. The second-order valence-electron chi connectivity index (χ2n) is 5.69. The molecule has 0 unspecified atom stereocenters. The summed E-state index contributed by atoms with van der Waals surface area (Å²) in [4.78, 5) is 0. The molecule has 1 heteroatoms. The predicted octanol–water partition coefficient (Wildman–Crippen LogP) is 5.41. The Morgan fingerprint density at radius 3 is 1.85 bits per heavy atom. The van der Waals surface area contributed by atoms with Crippen molar-refractivity contribution in [3.8, 4) is 16.9 Å². The van der Waals surface area contributed by atoms with Crippen molar-refractivity contribution in [3.05, 3.63) is 54.1 Å². The first-order chi connectivity index (χ1) is 9.86. The fraction of sp³-hybridized carbons (Fsp3) is 0.368. The van der Waals surface area contributed by atoms with E-state index in [0.717, 1.165) is 11.7 Å². The molecule has 1 nitrogen and oxygen atoms in total. The second-order valence-corrected chi connectivity index (χ2v) is 5.69. The zero-order chi connectivity index (χ0) is 13.8. The molecule has 0 amide bonds. The molecule has 20 heavy (non-hydrogen) atoms. The molecule has 0 heterocycles. The van der Waals surface area contributed by atoms with Crippen LogP contribution in [0.1, 0.15) is 43.6 Å². The summed E-state index contributed by atoms with van der Waals surface area (Å²) in [6.45, 7) is 0. The molecule has 0 atom stereocenters. The number of ether oxygens (including phenoxy) is 1. The average Bonchev–Trinajstić information content (AvgIpc) is 2.56. The van der Waals surface area contributed by atoms with Crippen molar-refractivity contribution in [3.63, 3.8) is 0 Å². The Labute approximate surface area is 121 Å². The third kappa shape index (κ3) is 2.87. The van der Waals surface area contributed by atoms with Crippen molar-refractivity contribution in [1.29, 1.82) is 0 Å². The highest BCUT2D eigenvalue weighted by Gasteiger charge is 2.15. The van der Waals surface area contributed by atoms with Crippen LogP contribution in [0.25, 0.3) is 11.1 Å². The minimum atomic E-state index is 0.786. The van der Waals surface area contributed by atoms with Crippen molar-refractivity contribution >= 4 is 0 Å². The van der Waals surface area contributed by atoms with Crippen LogP contribution in [0.3, 0.4) is 0 Å². The molecule has 1 aliphatic carbocycles.